The number of piperidine rings is 1. The highest BCUT2D eigenvalue weighted by Gasteiger charge is 2.21. The number of rotatable bonds is 2. The number of hydrogen-bond acceptors (Lipinski definition) is 4. The van der Waals surface area contributed by atoms with E-state index in [0.29, 0.717) is 6.04 Å². The van der Waals surface area contributed by atoms with E-state index in [1.807, 2.05) is 0 Å². The van der Waals surface area contributed by atoms with Gasteiger partial charge in [0.2, 0.25) is 0 Å². The van der Waals surface area contributed by atoms with Gasteiger partial charge in [0.05, 0.1) is 11.1 Å². The van der Waals surface area contributed by atoms with Crippen LogP contribution in [0.3, 0.4) is 0 Å². The van der Waals surface area contributed by atoms with Crippen LogP contribution >= 0.6 is 11.3 Å². The third-order valence-corrected chi connectivity index (χ3v) is 4.02. The first-order valence-corrected chi connectivity index (χ1v) is 6.23. The number of Topliss-reactive ketones (excluding diaryl/α,β-unsaturated/α-hetero) is 1. The van der Waals surface area contributed by atoms with Crippen LogP contribution in [0.5, 0.6) is 0 Å². The van der Waals surface area contributed by atoms with Crippen molar-refractivity contribution >= 4 is 22.3 Å². The summed E-state index contributed by atoms with van der Waals surface area (Å²) in [6, 6.07) is 0.560. The minimum atomic E-state index is 0.114. The second-order valence-corrected chi connectivity index (χ2v) is 5.11. The van der Waals surface area contributed by atoms with Gasteiger partial charge in [0, 0.05) is 19.5 Å². The number of thiazole rings is 1. The number of hydrogen-bond donors (Lipinski definition) is 0. The number of carbonyl (C=O) groups is 1. The van der Waals surface area contributed by atoms with Gasteiger partial charge in [-0.25, -0.2) is 4.98 Å². The zero-order valence-electron chi connectivity index (χ0n) is 9.19. The normalized spacial score (nSPS) is 21.7. The summed E-state index contributed by atoms with van der Waals surface area (Å²) in [6.45, 7) is 4.90. The minimum Gasteiger partial charge on any atom is -0.345 e. The fourth-order valence-electron chi connectivity index (χ4n) is 1.94. The predicted octanol–water partition coefficient (Wildman–Crippen LogP) is 2.72. The van der Waals surface area contributed by atoms with Crippen molar-refractivity contribution in [1.29, 1.82) is 0 Å². The van der Waals surface area contributed by atoms with E-state index in [2.05, 4.69) is 16.8 Å². The van der Waals surface area contributed by atoms with E-state index in [-0.39, 0.29) is 5.78 Å². The molecule has 0 aliphatic carbocycles. The van der Waals surface area contributed by atoms with Crippen molar-refractivity contribution in [3.63, 3.8) is 0 Å². The zero-order chi connectivity index (χ0) is 10.8. The Kier molecular flexibility index (Phi) is 3.05. The molecule has 1 fully saturated rings. The van der Waals surface area contributed by atoms with Crippen molar-refractivity contribution in [2.75, 3.05) is 11.4 Å². The van der Waals surface area contributed by atoms with Crippen LogP contribution in [0, 0.1) is 0 Å². The molecule has 1 aliphatic heterocycles. The lowest BCUT2D eigenvalue weighted by Gasteiger charge is -2.32. The van der Waals surface area contributed by atoms with Crippen LogP contribution in [-0.2, 0) is 0 Å². The predicted molar refractivity (Wildman–Crippen MR) is 62.8 cm³/mol. The molecule has 0 bridgehead atoms. The summed E-state index contributed by atoms with van der Waals surface area (Å²) in [5.41, 5.74) is 0. The fourth-order valence-corrected chi connectivity index (χ4v) is 2.88. The lowest BCUT2D eigenvalue weighted by Crippen LogP contribution is -2.37. The molecule has 1 aliphatic rings. The monoisotopic (exact) mass is 224 g/mol. The lowest BCUT2D eigenvalue weighted by molar-refractivity contribution is 0.102. The molecular formula is C11H16N2OS. The van der Waals surface area contributed by atoms with Gasteiger partial charge in [-0.3, -0.25) is 4.79 Å². The molecule has 0 spiro atoms. The summed E-state index contributed by atoms with van der Waals surface area (Å²) in [4.78, 5) is 18.6. The van der Waals surface area contributed by atoms with Crippen LogP contribution in [0.4, 0.5) is 5.13 Å². The van der Waals surface area contributed by atoms with Crippen LogP contribution in [0.2, 0.25) is 0 Å². The van der Waals surface area contributed by atoms with E-state index in [1.165, 1.54) is 30.6 Å². The molecule has 0 aromatic carbocycles. The van der Waals surface area contributed by atoms with Crippen LogP contribution in [0.15, 0.2) is 6.20 Å². The second-order valence-electron chi connectivity index (χ2n) is 4.10. The smallest absolute Gasteiger partial charge is 0.186 e. The number of aromatic nitrogens is 1. The summed E-state index contributed by atoms with van der Waals surface area (Å²) in [7, 11) is 0. The first-order valence-electron chi connectivity index (χ1n) is 5.42. The molecule has 2 heterocycles. The molecule has 0 amide bonds. The number of carbonyl (C=O) groups excluding carboxylic acids is 1. The zero-order valence-corrected chi connectivity index (χ0v) is 10.0. The highest BCUT2D eigenvalue weighted by atomic mass is 32.1. The topological polar surface area (TPSA) is 33.2 Å². The molecule has 3 nitrogen and oxygen atoms in total. The lowest BCUT2D eigenvalue weighted by atomic mass is 10.1. The van der Waals surface area contributed by atoms with Crippen LogP contribution in [0.25, 0.3) is 0 Å². The van der Waals surface area contributed by atoms with Crippen molar-refractivity contribution in [3.05, 3.63) is 11.1 Å². The molecule has 0 saturated carbocycles. The maximum Gasteiger partial charge on any atom is 0.186 e. The van der Waals surface area contributed by atoms with E-state index < -0.39 is 0 Å². The molecule has 1 aromatic heterocycles. The third kappa shape index (κ3) is 2.20. The Morgan fingerprint density at radius 1 is 1.60 bits per heavy atom. The first-order chi connectivity index (χ1) is 7.18. The van der Waals surface area contributed by atoms with Crippen molar-refractivity contribution in [1.82, 2.24) is 4.98 Å². The average molecular weight is 224 g/mol. The molecule has 82 valence electrons. The number of anilines is 1. The van der Waals surface area contributed by atoms with Crippen LogP contribution in [-0.4, -0.2) is 23.4 Å². The van der Waals surface area contributed by atoms with Crippen molar-refractivity contribution in [2.24, 2.45) is 0 Å². The van der Waals surface area contributed by atoms with E-state index in [4.69, 9.17) is 0 Å². The van der Waals surface area contributed by atoms with Crippen molar-refractivity contribution in [2.45, 2.75) is 39.2 Å². The molecule has 4 heteroatoms. The summed E-state index contributed by atoms with van der Waals surface area (Å²) in [5, 5.41) is 1.01. The summed E-state index contributed by atoms with van der Waals surface area (Å²) >= 11 is 1.52. The van der Waals surface area contributed by atoms with Crippen LogP contribution in [0.1, 0.15) is 42.8 Å². The SMILES string of the molecule is CC(=O)c1cnc(N2CCCCC2C)s1. The van der Waals surface area contributed by atoms with Gasteiger partial charge in [0.1, 0.15) is 0 Å². The summed E-state index contributed by atoms with van der Waals surface area (Å²) in [6.07, 6.45) is 5.47. The Morgan fingerprint density at radius 3 is 3.00 bits per heavy atom. The maximum absolute atomic E-state index is 11.2. The Hall–Kier alpha value is -0.900. The van der Waals surface area contributed by atoms with E-state index >= 15 is 0 Å². The van der Waals surface area contributed by atoms with Gasteiger partial charge in [0.25, 0.3) is 0 Å². The van der Waals surface area contributed by atoms with Gasteiger partial charge in [0.15, 0.2) is 10.9 Å². The van der Waals surface area contributed by atoms with Gasteiger partial charge >= 0.3 is 0 Å². The molecule has 15 heavy (non-hydrogen) atoms. The van der Waals surface area contributed by atoms with Crippen molar-refractivity contribution < 1.29 is 4.79 Å². The van der Waals surface area contributed by atoms with Gasteiger partial charge in [-0.2, -0.15) is 0 Å². The Bertz CT molecular complexity index is 361. The quantitative estimate of drug-likeness (QED) is 0.724. The fraction of sp³-hybridized carbons (Fsp3) is 0.636. The summed E-state index contributed by atoms with van der Waals surface area (Å²) < 4.78 is 0. The van der Waals surface area contributed by atoms with Crippen LogP contribution < -0.4 is 4.90 Å². The Balaban J connectivity index is 2.17. The summed E-state index contributed by atoms with van der Waals surface area (Å²) in [5.74, 6) is 0.114. The third-order valence-electron chi connectivity index (χ3n) is 2.89. The highest BCUT2D eigenvalue weighted by Crippen LogP contribution is 2.28. The molecular weight excluding hydrogens is 208 g/mol. The molecule has 1 aromatic rings. The van der Waals surface area contributed by atoms with E-state index in [9.17, 15) is 4.79 Å². The molecule has 1 unspecified atom stereocenters. The molecule has 0 N–H and O–H groups in total. The molecule has 0 radical (unpaired) electrons. The van der Waals surface area contributed by atoms with Gasteiger partial charge < -0.3 is 4.90 Å². The van der Waals surface area contributed by atoms with E-state index in [1.54, 1.807) is 13.1 Å². The second kappa shape index (κ2) is 4.31. The largest absolute Gasteiger partial charge is 0.345 e. The minimum absolute atomic E-state index is 0.114. The molecule has 1 atom stereocenters. The van der Waals surface area contributed by atoms with Gasteiger partial charge in [-0.1, -0.05) is 11.3 Å². The first kappa shape index (κ1) is 10.6. The number of ketones is 1. The Labute approximate surface area is 94.1 Å². The molecule has 1 saturated heterocycles. The standard InChI is InChI=1S/C11H16N2OS/c1-8-5-3-4-6-13(8)11-12-7-10(15-11)9(2)14/h7-8H,3-6H2,1-2H3. The van der Waals surface area contributed by atoms with Crippen molar-refractivity contribution in [3.8, 4) is 0 Å². The van der Waals surface area contributed by atoms with Gasteiger partial charge in [-0.15, -0.1) is 0 Å². The molecule has 2 rings (SSSR count). The number of nitrogens with zero attached hydrogens (tertiary/aromatic N) is 2. The van der Waals surface area contributed by atoms with E-state index in [0.717, 1.165) is 16.6 Å². The Morgan fingerprint density at radius 2 is 2.40 bits per heavy atom. The van der Waals surface area contributed by atoms with Gasteiger partial charge in [-0.05, 0) is 26.2 Å². The average Bonchev–Trinajstić information content (AvgIpc) is 2.67. The maximum atomic E-state index is 11.2. The highest BCUT2D eigenvalue weighted by molar-refractivity contribution is 7.17.